The molecule has 0 amide bonds. The average molecular weight is 254 g/mol. The predicted molar refractivity (Wildman–Crippen MR) is 73.6 cm³/mol. The first kappa shape index (κ1) is 14.1. The molecule has 0 aromatic heterocycles. The monoisotopic (exact) mass is 253 g/mol. The maximum atomic E-state index is 5.64. The molecule has 0 heterocycles. The molecular formula is C14H20ClNO. The predicted octanol–water partition coefficient (Wildman–Crippen LogP) is 3.88. The summed E-state index contributed by atoms with van der Waals surface area (Å²) in [6.45, 7) is 9.29. The van der Waals surface area contributed by atoms with Gasteiger partial charge in [-0.05, 0) is 37.6 Å². The van der Waals surface area contributed by atoms with E-state index in [0.29, 0.717) is 17.7 Å². The van der Waals surface area contributed by atoms with Gasteiger partial charge in [-0.2, -0.15) is 0 Å². The zero-order valence-corrected chi connectivity index (χ0v) is 11.3. The molecule has 2 nitrogen and oxygen atoms in total. The van der Waals surface area contributed by atoms with Gasteiger partial charge in [0, 0.05) is 11.1 Å². The van der Waals surface area contributed by atoms with E-state index in [2.05, 4.69) is 37.9 Å². The van der Waals surface area contributed by atoms with Crippen molar-refractivity contribution in [3.05, 3.63) is 41.4 Å². The van der Waals surface area contributed by atoms with Gasteiger partial charge in [0.2, 0.25) is 0 Å². The van der Waals surface area contributed by atoms with E-state index in [4.69, 9.17) is 16.3 Å². The molecule has 1 atom stereocenters. The third-order valence-electron chi connectivity index (χ3n) is 2.48. The van der Waals surface area contributed by atoms with Crippen molar-refractivity contribution in [1.82, 2.24) is 5.32 Å². The molecule has 1 N–H and O–H groups in total. The van der Waals surface area contributed by atoms with Crippen LogP contribution in [0.3, 0.4) is 0 Å². The van der Waals surface area contributed by atoms with Gasteiger partial charge in [-0.15, -0.1) is 0 Å². The first-order chi connectivity index (χ1) is 8.13. The van der Waals surface area contributed by atoms with Crippen LogP contribution in [0.2, 0.25) is 0 Å². The molecule has 3 heteroatoms. The Morgan fingerprint density at radius 3 is 2.59 bits per heavy atom. The molecule has 0 radical (unpaired) electrons. The first-order valence-electron chi connectivity index (χ1n) is 5.93. The minimum Gasteiger partial charge on any atom is -0.488 e. The summed E-state index contributed by atoms with van der Waals surface area (Å²) in [6.07, 6.45) is 1.14. The lowest BCUT2D eigenvalue weighted by molar-refractivity contribution is 0.359. The van der Waals surface area contributed by atoms with Crippen LogP contribution in [0.25, 0.3) is 0 Å². The van der Waals surface area contributed by atoms with Crippen molar-refractivity contribution in [2.45, 2.75) is 26.3 Å². The molecule has 1 rings (SSSR count). The quantitative estimate of drug-likeness (QED) is 0.796. The van der Waals surface area contributed by atoms with E-state index in [1.807, 2.05) is 12.1 Å². The summed E-state index contributed by atoms with van der Waals surface area (Å²) in [5.41, 5.74) is 1.26. The smallest absolute Gasteiger partial charge is 0.123 e. The Morgan fingerprint density at radius 2 is 2.06 bits per heavy atom. The number of halogens is 1. The van der Waals surface area contributed by atoms with E-state index >= 15 is 0 Å². The molecule has 0 saturated carbocycles. The van der Waals surface area contributed by atoms with Crippen LogP contribution in [0.15, 0.2) is 35.9 Å². The van der Waals surface area contributed by atoms with Crippen molar-refractivity contribution in [2.75, 3.05) is 13.2 Å². The molecule has 1 unspecified atom stereocenters. The second-order valence-electron chi connectivity index (χ2n) is 4.05. The summed E-state index contributed by atoms with van der Waals surface area (Å²) < 4.78 is 5.43. The minimum atomic E-state index is 0.352. The number of hydrogen-bond donors (Lipinski definition) is 1. The highest BCUT2D eigenvalue weighted by atomic mass is 35.5. The fourth-order valence-electron chi connectivity index (χ4n) is 1.49. The molecule has 0 saturated heterocycles. The maximum absolute atomic E-state index is 5.64. The lowest BCUT2D eigenvalue weighted by Gasteiger charge is -2.14. The minimum absolute atomic E-state index is 0.352. The topological polar surface area (TPSA) is 21.3 Å². The van der Waals surface area contributed by atoms with E-state index in [-0.39, 0.29) is 0 Å². The van der Waals surface area contributed by atoms with Gasteiger partial charge in [0.1, 0.15) is 12.4 Å². The Bertz CT molecular complexity index is 348. The molecule has 1 aromatic carbocycles. The number of ether oxygens (including phenoxy) is 1. The van der Waals surface area contributed by atoms with Crippen molar-refractivity contribution in [3.8, 4) is 5.75 Å². The Hall–Kier alpha value is -0.990. The third-order valence-corrected chi connectivity index (χ3v) is 2.59. The van der Waals surface area contributed by atoms with E-state index in [9.17, 15) is 0 Å². The van der Waals surface area contributed by atoms with Crippen LogP contribution >= 0.6 is 11.6 Å². The van der Waals surface area contributed by atoms with Crippen molar-refractivity contribution in [2.24, 2.45) is 0 Å². The number of benzene rings is 1. The summed E-state index contributed by atoms with van der Waals surface area (Å²) in [5, 5.41) is 3.95. The Labute approximate surface area is 109 Å². The Kier molecular flexibility index (Phi) is 6.09. The summed E-state index contributed by atoms with van der Waals surface area (Å²) in [6, 6.07) is 8.42. The maximum Gasteiger partial charge on any atom is 0.123 e. The zero-order valence-electron chi connectivity index (χ0n) is 10.5. The third kappa shape index (κ3) is 5.24. The largest absolute Gasteiger partial charge is 0.488 e. The van der Waals surface area contributed by atoms with E-state index in [0.717, 1.165) is 18.7 Å². The standard InChI is InChI=1S/C14H20ClNO/c1-4-9-16-12(3)13-5-7-14(8-6-13)17-10-11(2)15/h5-8,12,16H,2,4,9-10H2,1,3H3. The van der Waals surface area contributed by atoms with Crippen LogP contribution in [0.5, 0.6) is 5.75 Å². The van der Waals surface area contributed by atoms with Crippen LogP contribution in [0.4, 0.5) is 0 Å². The van der Waals surface area contributed by atoms with Gasteiger partial charge in [0.05, 0.1) is 0 Å². The number of hydrogen-bond acceptors (Lipinski definition) is 2. The van der Waals surface area contributed by atoms with Crippen molar-refractivity contribution in [3.63, 3.8) is 0 Å². The second kappa shape index (κ2) is 7.36. The summed E-state index contributed by atoms with van der Waals surface area (Å²) in [5.74, 6) is 0.818. The van der Waals surface area contributed by atoms with Crippen LogP contribution in [-0.2, 0) is 0 Å². The Morgan fingerprint density at radius 1 is 1.41 bits per heavy atom. The number of nitrogens with one attached hydrogen (secondary N) is 1. The zero-order chi connectivity index (χ0) is 12.7. The van der Waals surface area contributed by atoms with Crippen LogP contribution in [0.1, 0.15) is 31.9 Å². The molecule has 17 heavy (non-hydrogen) atoms. The molecular weight excluding hydrogens is 234 g/mol. The summed E-state index contributed by atoms with van der Waals surface area (Å²) in [4.78, 5) is 0. The lowest BCUT2D eigenvalue weighted by atomic mass is 10.1. The van der Waals surface area contributed by atoms with Crippen LogP contribution in [-0.4, -0.2) is 13.2 Å². The summed E-state index contributed by atoms with van der Waals surface area (Å²) in [7, 11) is 0. The highest BCUT2D eigenvalue weighted by molar-refractivity contribution is 6.29. The highest BCUT2D eigenvalue weighted by Crippen LogP contribution is 2.18. The SMILES string of the molecule is C=C(Cl)COc1ccc(C(C)NCCC)cc1. The van der Waals surface area contributed by atoms with Crippen molar-refractivity contribution >= 4 is 11.6 Å². The van der Waals surface area contributed by atoms with Gasteiger partial charge in [0.15, 0.2) is 0 Å². The molecule has 0 bridgehead atoms. The lowest BCUT2D eigenvalue weighted by Crippen LogP contribution is -2.19. The fraction of sp³-hybridized carbons (Fsp3) is 0.429. The van der Waals surface area contributed by atoms with Gasteiger partial charge < -0.3 is 10.1 Å². The Balaban J connectivity index is 2.51. The molecule has 0 fully saturated rings. The van der Waals surface area contributed by atoms with E-state index in [1.165, 1.54) is 5.56 Å². The highest BCUT2D eigenvalue weighted by Gasteiger charge is 2.03. The average Bonchev–Trinajstić information content (AvgIpc) is 2.34. The fourth-order valence-corrected chi connectivity index (χ4v) is 1.55. The van der Waals surface area contributed by atoms with Gasteiger partial charge in [0.25, 0.3) is 0 Å². The summed E-state index contributed by atoms with van der Waals surface area (Å²) >= 11 is 5.64. The second-order valence-corrected chi connectivity index (χ2v) is 4.59. The van der Waals surface area contributed by atoms with E-state index < -0.39 is 0 Å². The molecule has 0 aliphatic rings. The van der Waals surface area contributed by atoms with Crippen LogP contribution < -0.4 is 10.1 Å². The van der Waals surface area contributed by atoms with Gasteiger partial charge >= 0.3 is 0 Å². The van der Waals surface area contributed by atoms with Crippen molar-refractivity contribution < 1.29 is 4.74 Å². The molecule has 0 aliphatic carbocycles. The molecule has 1 aromatic rings. The normalized spacial score (nSPS) is 12.2. The molecule has 0 aliphatic heterocycles. The van der Waals surface area contributed by atoms with E-state index in [1.54, 1.807) is 0 Å². The van der Waals surface area contributed by atoms with Crippen LogP contribution in [0, 0.1) is 0 Å². The van der Waals surface area contributed by atoms with Gasteiger partial charge in [-0.3, -0.25) is 0 Å². The molecule has 0 spiro atoms. The van der Waals surface area contributed by atoms with Crippen molar-refractivity contribution in [1.29, 1.82) is 0 Å². The molecule has 94 valence electrons. The first-order valence-corrected chi connectivity index (χ1v) is 6.30. The van der Waals surface area contributed by atoms with Gasteiger partial charge in [-0.1, -0.05) is 37.2 Å². The number of rotatable bonds is 7. The van der Waals surface area contributed by atoms with Gasteiger partial charge in [-0.25, -0.2) is 0 Å².